The molecule has 5 heteroatoms. The van der Waals surface area contributed by atoms with Gasteiger partial charge in [0.05, 0.1) is 0 Å². The normalized spacial score (nSPS) is 16.8. The van der Waals surface area contributed by atoms with E-state index < -0.39 is 0 Å². The fraction of sp³-hybridized carbons (Fsp3) is 0.364. The largest absolute Gasteiger partial charge is 0.334 e. The lowest BCUT2D eigenvalue weighted by atomic mass is 10.2. The van der Waals surface area contributed by atoms with Crippen molar-refractivity contribution in [3.63, 3.8) is 0 Å². The van der Waals surface area contributed by atoms with Crippen molar-refractivity contribution >= 4 is 6.03 Å². The number of carbonyl (C=O) groups excluding carboxylic acids is 1. The zero-order valence-electron chi connectivity index (χ0n) is 8.90. The lowest BCUT2D eigenvalue weighted by Crippen LogP contribution is -2.52. The second kappa shape index (κ2) is 4.49. The second-order valence-corrected chi connectivity index (χ2v) is 3.88. The van der Waals surface area contributed by atoms with E-state index in [1.54, 1.807) is 17.0 Å². The van der Waals surface area contributed by atoms with Crippen LogP contribution in [0.3, 0.4) is 0 Å². The lowest BCUT2D eigenvalue weighted by molar-refractivity contribution is 0.127. The molecule has 0 bridgehead atoms. The summed E-state index contributed by atoms with van der Waals surface area (Å²) in [6.07, 6.45) is 0.865. The van der Waals surface area contributed by atoms with Crippen LogP contribution >= 0.6 is 0 Å². The summed E-state index contributed by atoms with van der Waals surface area (Å²) in [6.45, 7) is 1.77. The predicted molar refractivity (Wildman–Crippen MR) is 57.7 cm³/mol. The summed E-state index contributed by atoms with van der Waals surface area (Å²) < 4.78 is 12.7. The first-order valence-electron chi connectivity index (χ1n) is 5.22. The van der Waals surface area contributed by atoms with E-state index in [2.05, 4.69) is 0 Å². The minimum absolute atomic E-state index is 0.171. The Balaban J connectivity index is 2.03. The maximum atomic E-state index is 12.7. The van der Waals surface area contributed by atoms with Gasteiger partial charge in [0, 0.05) is 19.6 Å². The van der Waals surface area contributed by atoms with Crippen LogP contribution in [0.5, 0.6) is 0 Å². The van der Waals surface area contributed by atoms with Gasteiger partial charge in [0.1, 0.15) is 5.82 Å². The van der Waals surface area contributed by atoms with Gasteiger partial charge in [0.15, 0.2) is 0 Å². The van der Waals surface area contributed by atoms with E-state index in [0.717, 1.165) is 12.0 Å². The van der Waals surface area contributed by atoms with Crippen LogP contribution in [0, 0.1) is 5.82 Å². The molecule has 16 heavy (non-hydrogen) atoms. The van der Waals surface area contributed by atoms with Crippen LogP contribution in [-0.2, 0) is 6.54 Å². The van der Waals surface area contributed by atoms with Crippen molar-refractivity contribution in [3.05, 3.63) is 35.6 Å². The Morgan fingerprint density at radius 1 is 1.25 bits per heavy atom. The molecule has 0 spiro atoms. The molecule has 1 aliphatic rings. The molecule has 0 radical (unpaired) electrons. The summed E-state index contributed by atoms with van der Waals surface area (Å²) in [5, 5.41) is 1.22. The summed E-state index contributed by atoms with van der Waals surface area (Å²) in [7, 11) is 0. The summed E-state index contributed by atoms with van der Waals surface area (Å²) in [6, 6.07) is 5.97. The van der Waals surface area contributed by atoms with Crippen molar-refractivity contribution < 1.29 is 9.18 Å². The van der Waals surface area contributed by atoms with Crippen molar-refractivity contribution in [2.75, 3.05) is 13.1 Å². The molecule has 0 atom stereocenters. The molecule has 1 aromatic rings. The maximum absolute atomic E-state index is 12.7. The van der Waals surface area contributed by atoms with Gasteiger partial charge in [-0.2, -0.15) is 0 Å². The topological polar surface area (TPSA) is 49.6 Å². The number of hydrazine groups is 1. The Morgan fingerprint density at radius 2 is 1.94 bits per heavy atom. The molecular formula is C11H14FN3O. The molecule has 2 rings (SSSR count). The fourth-order valence-electron chi connectivity index (χ4n) is 1.76. The van der Waals surface area contributed by atoms with Crippen molar-refractivity contribution in [2.45, 2.75) is 13.0 Å². The third-order valence-corrected chi connectivity index (χ3v) is 2.63. The van der Waals surface area contributed by atoms with E-state index in [0.29, 0.717) is 19.6 Å². The zero-order valence-corrected chi connectivity index (χ0v) is 8.90. The Morgan fingerprint density at radius 3 is 2.62 bits per heavy atom. The second-order valence-electron chi connectivity index (χ2n) is 3.88. The van der Waals surface area contributed by atoms with Crippen LogP contribution < -0.4 is 5.84 Å². The van der Waals surface area contributed by atoms with Gasteiger partial charge in [-0.15, -0.1) is 0 Å². The van der Waals surface area contributed by atoms with Crippen LogP contribution in [0.2, 0.25) is 0 Å². The number of halogens is 1. The number of carbonyl (C=O) groups is 1. The van der Waals surface area contributed by atoms with E-state index in [1.165, 1.54) is 17.1 Å². The molecule has 0 aromatic heterocycles. The first-order chi connectivity index (χ1) is 7.66. The molecule has 4 nitrogen and oxygen atoms in total. The molecule has 1 saturated heterocycles. The monoisotopic (exact) mass is 223 g/mol. The first-order valence-corrected chi connectivity index (χ1v) is 5.22. The van der Waals surface area contributed by atoms with Crippen molar-refractivity contribution in [3.8, 4) is 0 Å². The number of nitrogens with zero attached hydrogens (tertiary/aromatic N) is 2. The van der Waals surface area contributed by atoms with E-state index in [1.807, 2.05) is 0 Å². The van der Waals surface area contributed by atoms with Crippen LogP contribution in [0.15, 0.2) is 24.3 Å². The van der Waals surface area contributed by atoms with Gasteiger partial charge in [-0.05, 0) is 24.1 Å². The highest BCUT2D eigenvalue weighted by atomic mass is 19.1. The Hall–Kier alpha value is -1.62. The lowest BCUT2D eigenvalue weighted by Gasteiger charge is -2.32. The number of urea groups is 1. The summed E-state index contributed by atoms with van der Waals surface area (Å²) in [5.41, 5.74) is 0.907. The molecule has 86 valence electrons. The van der Waals surface area contributed by atoms with Crippen LogP contribution in [0.25, 0.3) is 0 Å². The molecule has 1 fully saturated rings. The molecule has 0 aliphatic carbocycles. The van der Waals surface area contributed by atoms with E-state index in [-0.39, 0.29) is 11.8 Å². The highest BCUT2D eigenvalue weighted by Gasteiger charge is 2.22. The third kappa shape index (κ3) is 2.30. The molecule has 1 aromatic carbocycles. The number of amides is 2. The number of hydrogen-bond donors (Lipinski definition) is 1. The van der Waals surface area contributed by atoms with E-state index in [9.17, 15) is 9.18 Å². The smallest absolute Gasteiger partial charge is 0.319 e. The Bertz CT molecular complexity index is 379. The highest BCUT2D eigenvalue weighted by molar-refractivity contribution is 5.74. The van der Waals surface area contributed by atoms with Gasteiger partial charge in [-0.25, -0.2) is 15.0 Å². The van der Waals surface area contributed by atoms with Gasteiger partial charge >= 0.3 is 6.03 Å². The predicted octanol–water partition coefficient (Wildman–Crippen LogP) is 1.33. The summed E-state index contributed by atoms with van der Waals surface area (Å²) in [5.74, 6) is 5.26. The average Bonchev–Trinajstić information content (AvgIpc) is 2.28. The third-order valence-electron chi connectivity index (χ3n) is 2.63. The van der Waals surface area contributed by atoms with Gasteiger partial charge in [-0.3, -0.25) is 5.01 Å². The molecule has 2 amide bonds. The average molecular weight is 223 g/mol. The highest BCUT2D eigenvalue weighted by Crippen LogP contribution is 2.11. The first kappa shape index (κ1) is 10.9. The maximum Gasteiger partial charge on any atom is 0.334 e. The van der Waals surface area contributed by atoms with Crippen molar-refractivity contribution in [1.82, 2.24) is 9.91 Å². The molecule has 1 aliphatic heterocycles. The van der Waals surface area contributed by atoms with Crippen LogP contribution in [0.1, 0.15) is 12.0 Å². The molecule has 1 heterocycles. The zero-order chi connectivity index (χ0) is 11.5. The van der Waals surface area contributed by atoms with E-state index >= 15 is 0 Å². The standard InChI is InChI=1S/C11H14FN3O/c12-10-4-2-9(3-5-10)8-14-6-1-7-15(13)11(14)16/h2-5H,1,6-8,13H2. The van der Waals surface area contributed by atoms with E-state index in [4.69, 9.17) is 5.84 Å². The Kier molecular flexibility index (Phi) is 3.05. The van der Waals surface area contributed by atoms with Crippen molar-refractivity contribution in [1.29, 1.82) is 0 Å². The van der Waals surface area contributed by atoms with Crippen LogP contribution in [0.4, 0.5) is 9.18 Å². The number of benzene rings is 1. The molecule has 0 saturated carbocycles. The van der Waals surface area contributed by atoms with Gasteiger partial charge < -0.3 is 4.90 Å². The minimum atomic E-state index is -0.269. The molecular weight excluding hydrogens is 209 g/mol. The van der Waals surface area contributed by atoms with Crippen molar-refractivity contribution in [2.24, 2.45) is 5.84 Å². The summed E-state index contributed by atoms with van der Waals surface area (Å²) in [4.78, 5) is 13.3. The Labute approximate surface area is 93.4 Å². The number of rotatable bonds is 2. The number of nitrogens with two attached hydrogens (primary N) is 1. The minimum Gasteiger partial charge on any atom is -0.319 e. The van der Waals surface area contributed by atoms with Crippen LogP contribution in [-0.4, -0.2) is 29.0 Å². The SMILES string of the molecule is NN1CCCN(Cc2ccc(F)cc2)C1=O. The van der Waals surface area contributed by atoms with Gasteiger partial charge in [0.25, 0.3) is 0 Å². The quantitative estimate of drug-likeness (QED) is 0.607. The molecule has 0 unspecified atom stereocenters. The van der Waals surface area contributed by atoms with Gasteiger partial charge in [0.2, 0.25) is 0 Å². The van der Waals surface area contributed by atoms with Gasteiger partial charge in [-0.1, -0.05) is 12.1 Å². The molecule has 2 N–H and O–H groups in total. The number of hydrogen-bond acceptors (Lipinski definition) is 2. The summed E-state index contributed by atoms with van der Waals surface area (Å²) >= 11 is 0. The fourth-order valence-corrected chi connectivity index (χ4v) is 1.76.